The van der Waals surface area contributed by atoms with Gasteiger partial charge in [-0.2, -0.15) is 0 Å². The van der Waals surface area contributed by atoms with Crippen LogP contribution in [0.1, 0.15) is 22.2 Å². The van der Waals surface area contributed by atoms with Crippen molar-refractivity contribution in [3.05, 3.63) is 52.2 Å². The number of amides is 2. The Hall–Kier alpha value is -2.58. The Morgan fingerprint density at radius 1 is 1.16 bits per heavy atom. The summed E-state index contributed by atoms with van der Waals surface area (Å²) in [5.74, 6) is -0.604. The predicted octanol–water partition coefficient (Wildman–Crippen LogP) is 3.33. The summed E-state index contributed by atoms with van der Waals surface area (Å²) in [6, 6.07) is 10.7. The Bertz CT molecular complexity index is 890. The van der Waals surface area contributed by atoms with E-state index in [1.165, 1.54) is 22.7 Å². The Morgan fingerprint density at radius 2 is 2.00 bits per heavy atom. The zero-order valence-corrected chi connectivity index (χ0v) is 15.3. The van der Waals surface area contributed by atoms with Crippen LogP contribution in [0.3, 0.4) is 0 Å². The maximum atomic E-state index is 12.2. The standard InChI is InChI=1S/C17H16N4O2S2/c1-10-5-3-6-12(9-10)16-20-21-17(25-16)19-14(22)11(2)18-15(23)13-7-4-8-24-13/h3-9,11H,1-2H3,(H,18,23)(H,19,21,22). The highest BCUT2D eigenvalue weighted by molar-refractivity contribution is 7.18. The molecular formula is C17H16N4O2S2. The normalized spacial score (nSPS) is 11.8. The van der Waals surface area contributed by atoms with E-state index in [9.17, 15) is 9.59 Å². The van der Waals surface area contributed by atoms with E-state index in [1.54, 1.807) is 19.1 Å². The van der Waals surface area contributed by atoms with Gasteiger partial charge in [0.15, 0.2) is 0 Å². The van der Waals surface area contributed by atoms with Crippen LogP contribution in [0.5, 0.6) is 0 Å². The second-order valence-corrected chi connectivity index (χ2v) is 7.37. The molecule has 2 N–H and O–H groups in total. The largest absolute Gasteiger partial charge is 0.340 e. The van der Waals surface area contributed by atoms with E-state index in [0.29, 0.717) is 10.0 Å². The van der Waals surface area contributed by atoms with Gasteiger partial charge in [0.25, 0.3) is 5.91 Å². The van der Waals surface area contributed by atoms with Crippen LogP contribution in [0.25, 0.3) is 10.6 Å². The second-order valence-electron chi connectivity index (χ2n) is 5.44. The smallest absolute Gasteiger partial charge is 0.261 e. The molecule has 3 rings (SSSR count). The molecule has 0 radical (unpaired) electrons. The van der Waals surface area contributed by atoms with Gasteiger partial charge in [-0.3, -0.25) is 14.9 Å². The van der Waals surface area contributed by atoms with Gasteiger partial charge in [-0.05, 0) is 31.4 Å². The van der Waals surface area contributed by atoms with Gasteiger partial charge in [0.2, 0.25) is 11.0 Å². The number of aromatic nitrogens is 2. The molecule has 0 spiro atoms. The van der Waals surface area contributed by atoms with Gasteiger partial charge in [0.05, 0.1) is 4.88 Å². The fourth-order valence-electron chi connectivity index (χ4n) is 2.12. The minimum Gasteiger partial charge on any atom is -0.340 e. The van der Waals surface area contributed by atoms with E-state index in [-0.39, 0.29) is 11.8 Å². The molecule has 0 saturated carbocycles. The zero-order chi connectivity index (χ0) is 17.8. The molecule has 2 amide bonds. The molecular weight excluding hydrogens is 356 g/mol. The van der Waals surface area contributed by atoms with Crippen LogP contribution in [-0.2, 0) is 4.79 Å². The molecule has 0 fully saturated rings. The van der Waals surface area contributed by atoms with E-state index in [0.717, 1.165) is 16.1 Å². The van der Waals surface area contributed by atoms with E-state index in [2.05, 4.69) is 20.8 Å². The van der Waals surface area contributed by atoms with Crippen molar-refractivity contribution in [3.8, 4) is 10.6 Å². The van der Waals surface area contributed by atoms with Gasteiger partial charge in [-0.25, -0.2) is 0 Å². The fraction of sp³-hybridized carbons (Fsp3) is 0.176. The van der Waals surface area contributed by atoms with E-state index >= 15 is 0 Å². The number of anilines is 1. The van der Waals surface area contributed by atoms with Crippen molar-refractivity contribution >= 4 is 39.6 Å². The maximum absolute atomic E-state index is 12.2. The first-order valence-corrected chi connectivity index (χ1v) is 9.28. The summed E-state index contributed by atoms with van der Waals surface area (Å²) >= 11 is 2.62. The average Bonchev–Trinajstić information content (AvgIpc) is 3.26. The van der Waals surface area contributed by atoms with Crippen LogP contribution >= 0.6 is 22.7 Å². The van der Waals surface area contributed by atoms with E-state index in [4.69, 9.17) is 0 Å². The molecule has 3 aromatic rings. The van der Waals surface area contributed by atoms with Gasteiger partial charge in [-0.1, -0.05) is 41.2 Å². The van der Waals surface area contributed by atoms with Gasteiger partial charge in [0, 0.05) is 5.56 Å². The average molecular weight is 372 g/mol. The summed E-state index contributed by atoms with van der Waals surface area (Å²) in [6.45, 7) is 3.63. The zero-order valence-electron chi connectivity index (χ0n) is 13.6. The Morgan fingerprint density at radius 3 is 2.72 bits per heavy atom. The number of aryl methyl sites for hydroxylation is 1. The molecule has 8 heteroatoms. The first-order valence-electron chi connectivity index (χ1n) is 7.58. The third-order valence-corrected chi connectivity index (χ3v) is 5.16. The molecule has 0 saturated heterocycles. The van der Waals surface area contributed by atoms with Gasteiger partial charge in [-0.15, -0.1) is 21.5 Å². The summed E-state index contributed by atoms with van der Waals surface area (Å²) in [6.07, 6.45) is 0. The minimum atomic E-state index is -0.680. The number of carbonyl (C=O) groups excluding carboxylic acids is 2. The van der Waals surface area contributed by atoms with Crippen molar-refractivity contribution in [2.24, 2.45) is 0 Å². The number of nitrogens with one attached hydrogen (secondary N) is 2. The Labute approximate surface area is 152 Å². The lowest BCUT2D eigenvalue weighted by atomic mass is 10.1. The van der Waals surface area contributed by atoms with Crippen LogP contribution in [0.4, 0.5) is 5.13 Å². The van der Waals surface area contributed by atoms with Crippen LogP contribution in [-0.4, -0.2) is 28.1 Å². The molecule has 1 unspecified atom stereocenters. The summed E-state index contributed by atoms with van der Waals surface area (Å²) in [5.41, 5.74) is 2.08. The highest BCUT2D eigenvalue weighted by atomic mass is 32.1. The van der Waals surface area contributed by atoms with E-state index < -0.39 is 6.04 Å². The molecule has 2 heterocycles. The van der Waals surface area contributed by atoms with Crippen molar-refractivity contribution in [3.63, 3.8) is 0 Å². The molecule has 128 valence electrons. The molecule has 0 bridgehead atoms. The molecule has 2 aromatic heterocycles. The van der Waals surface area contributed by atoms with Crippen molar-refractivity contribution in [2.75, 3.05) is 5.32 Å². The SMILES string of the molecule is Cc1cccc(-c2nnc(NC(=O)C(C)NC(=O)c3cccs3)s2)c1. The van der Waals surface area contributed by atoms with Gasteiger partial charge < -0.3 is 5.32 Å². The summed E-state index contributed by atoms with van der Waals surface area (Å²) in [7, 11) is 0. The van der Waals surface area contributed by atoms with Crippen LogP contribution in [0, 0.1) is 6.92 Å². The lowest BCUT2D eigenvalue weighted by molar-refractivity contribution is -0.117. The number of thiophene rings is 1. The lowest BCUT2D eigenvalue weighted by Crippen LogP contribution is -2.41. The number of hydrogen-bond acceptors (Lipinski definition) is 6. The molecule has 0 aliphatic rings. The van der Waals surface area contributed by atoms with Crippen molar-refractivity contribution in [1.29, 1.82) is 0 Å². The van der Waals surface area contributed by atoms with Crippen LogP contribution in [0.2, 0.25) is 0 Å². The monoisotopic (exact) mass is 372 g/mol. The Balaban J connectivity index is 1.62. The van der Waals surface area contributed by atoms with Crippen molar-refractivity contribution in [2.45, 2.75) is 19.9 Å². The molecule has 25 heavy (non-hydrogen) atoms. The first kappa shape index (κ1) is 17.2. The van der Waals surface area contributed by atoms with Crippen LogP contribution < -0.4 is 10.6 Å². The lowest BCUT2D eigenvalue weighted by Gasteiger charge is -2.11. The summed E-state index contributed by atoms with van der Waals surface area (Å²) in [4.78, 5) is 24.8. The molecule has 1 aromatic carbocycles. The molecule has 6 nitrogen and oxygen atoms in total. The number of benzene rings is 1. The number of hydrogen-bond donors (Lipinski definition) is 2. The second kappa shape index (κ2) is 7.54. The Kier molecular flexibility index (Phi) is 5.20. The number of nitrogens with zero attached hydrogens (tertiary/aromatic N) is 2. The summed E-state index contributed by atoms with van der Waals surface area (Å²) < 4.78 is 0. The van der Waals surface area contributed by atoms with Crippen LogP contribution in [0.15, 0.2) is 41.8 Å². The van der Waals surface area contributed by atoms with Gasteiger partial charge >= 0.3 is 0 Å². The topological polar surface area (TPSA) is 84.0 Å². The number of carbonyl (C=O) groups is 2. The van der Waals surface area contributed by atoms with Gasteiger partial charge in [0.1, 0.15) is 11.0 Å². The quantitative estimate of drug-likeness (QED) is 0.719. The summed E-state index contributed by atoms with van der Waals surface area (Å²) in [5, 5.41) is 16.4. The predicted molar refractivity (Wildman–Crippen MR) is 100.0 cm³/mol. The maximum Gasteiger partial charge on any atom is 0.261 e. The third kappa shape index (κ3) is 4.28. The first-order chi connectivity index (χ1) is 12.0. The molecule has 0 aliphatic heterocycles. The van der Waals surface area contributed by atoms with E-state index in [1.807, 2.05) is 36.6 Å². The highest BCUT2D eigenvalue weighted by Gasteiger charge is 2.19. The molecule has 0 aliphatic carbocycles. The third-order valence-electron chi connectivity index (χ3n) is 3.41. The molecule has 1 atom stereocenters. The number of rotatable bonds is 5. The highest BCUT2D eigenvalue weighted by Crippen LogP contribution is 2.26. The van der Waals surface area contributed by atoms with Crippen molar-refractivity contribution < 1.29 is 9.59 Å². The fourth-order valence-corrected chi connectivity index (χ4v) is 3.49. The van der Waals surface area contributed by atoms with Crippen molar-refractivity contribution in [1.82, 2.24) is 15.5 Å². The minimum absolute atomic E-state index is 0.268.